The van der Waals surface area contributed by atoms with Gasteiger partial charge in [-0.05, 0) is 67.3 Å². The van der Waals surface area contributed by atoms with Gasteiger partial charge in [0.1, 0.15) is 24.7 Å². The molecule has 1 heterocycles. The van der Waals surface area contributed by atoms with E-state index in [0.717, 1.165) is 28.6 Å². The number of aromatic nitrogens is 1. The van der Waals surface area contributed by atoms with Crippen LogP contribution in [-0.4, -0.2) is 40.6 Å². The molecular formula is C23H22ClFN2O4. The second-order valence-corrected chi connectivity index (χ2v) is 8.10. The maximum Gasteiger partial charge on any atom is 0.323 e. The molecule has 0 saturated heterocycles. The second kappa shape index (κ2) is 9.08. The molecule has 0 saturated carbocycles. The van der Waals surface area contributed by atoms with E-state index < -0.39 is 5.97 Å². The number of benzene rings is 2. The Labute approximate surface area is 183 Å². The summed E-state index contributed by atoms with van der Waals surface area (Å²) in [5.74, 6) is -0.795. The monoisotopic (exact) mass is 444 g/mol. The zero-order valence-corrected chi connectivity index (χ0v) is 17.5. The first-order valence-electron chi connectivity index (χ1n) is 10.1. The number of hydrogen-bond acceptors (Lipinski definition) is 4. The van der Waals surface area contributed by atoms with Gasteiger partial charge in [0, 0.05) is 27.7 Å². The largest absolute Gasteiger partial charge is 0.486 e. The van der Waals surface area contributed by atoms with Gasteiger partial charge in [0.2, 0.25) is 0 Å². The molecule has 2 aromatic carbocycles. The number of carbonyl (C=O) groups is 2. The number of carbonyl (C=O) groups excluding carboxylic acids is 1. The number of nitrogens with zero attached hydrogens (tertiary/aromatic N) is 1. The number of ether oxygens (including phenoxy) is 1. The lowest BCUT2D eigenvalue weighted by Gasteiger charge is -2.24. The third kappa shape index (κ3) is 4.89. The van der Waals surface area contributed by atoms with Crippen molar-refractivity contribution in [1.82, 2.24) is 9.88 Å². The molecule has 0 aliphatic heterocycles. The van der Waals surface area contributed by atoms with Crippen LogP contribution in [0.2, 0.25) is 5.02 Å². The lowest BCUT2D eigenvalue weighted by atomic mass is 9.91. The number of hydrogen-bond donors (Lipinski definition) is 2. The molecule has 0 fully saturated rings. The van der Waals surface area contributed by atoms with Gasteiger partial charge >= 0.3 is 5.97 Å². The van der Waals surface area contributed by atoms with Crippen molar-refractivity contribution in [3.05, 3.63) is 64.6 Å². The third-order valence-electron chi connectivity index (χ3n) is 5.52. The highest BCUT2D eigenvalue weighted by Gasteiger charge is 2.26. The molecule has 0 radical (unpaired) electrons. The van der Waals surface area contributed by atoms with E-state index in [1.54, 1.807) is 34.9 Å². The van der Waals surface area contributed by atoms with Crippen LogP contribution in [-0.2, 0) is 29.0 Å². The van der Waals surface area contributed by atoms with Gasteiger partial charge in [-0.3, -0.25) is 9.59 Å². The molecule has 1 aromatic heterocycles. The predicted molar refractivity (Wildman–Crippen MR) is 115 cm³/mol. The minimum atomic E-state index is -0.935. The summed E-state index contributed by atoms with van der Waals surface area (Å²) in [6.07, 6.45) is 2.02. The zero-order chi connectivity index (χ0) is 22.0. The van der Waals surface area contributed by atoms with Gasteiger partial charge in [0.05, 0.1) is 6.54 Å². The van der Waals surface area contributed by atoms with E-state index in [9.17, 15) is 19.1 Å². The van der Waals surface area contributed by atoms with E-state index in [4.69, 9.17) is 16.3 Å². The van der Waals surface area contributed by atoms with Crippen molar-refractivity contribution in [2.24, 2.45) is 0 Å². The smallest absolute Gasteiger partial charge is 0.323 e. The van der Waals surface area contributed by atoms with Gasteiger partial charge in [-0.1, -0.05) is 11.6 Å². The fourth-order valence-corrected chi connectivity index (χ4v) is 4.24. The average Bonchev–Trinajstić information content (AvgIpc) is 3.03. The molecule has 162 valence electrons. The van der Waals surface area contributed by atoms with Crippen molar-refractivity contribution in [3.63, 3.8) is 0 Å². The Kier molecular flexibility index (Phi) is 6.25. The van der Waals surface area contributed by atoms with Crippen molar-refractivity contribution < 1.29 is 23.8 Å². The summed E-state index contributed by atoms with van der Waals surface area (Å²) >= 11 is 5.83. The molecule has 0 unspecified atom stereocenters. The SMILES string of the molecule is O=C(O)Cn1c2c(c3cc(F)ccc31)C[C@@H](NCC(=O)COc1ccc(Cl)cc1)CC2. The van der Waals surface area contributed by atoms with Crippen molar-refractivity contribution in [1.29, 1.82) is 0 Å². The van der Waals surface area contributed by atoms with Gasteiger partial charge in [0.15, 0.2) is 5.78 Å². The van der Waals surface area contributed by atoms with Gasteiger partial charge in [0.25, 0.3) is 0 Å². The molecule has 6 nitrogen and oxygen atoms in total. The summed E-state index contributed by atoms with van der Waals surface area (Å²) < 4.78 is 21.1. The number of rotatable bonds is 8. The topological polar surface area (TPSA) is 80.6 Å². The van der Waals surface area contributed by atoms with Gasteiger partial charge in [-0.2, -0.15) is 0 Å². The van der Waals surface area contributed by atoms with Gasteiger partial charge in [-0.15, -0.1) is 0 Å². The highest BCUT2D eigenvalue weighted by Crippen LogP contribution is 2.33. The van der Waals surface area contributed by atoms with Crippen molar-refractivity contribution in [2.75, 3.05) is 13.2 Å². The van der Waals surface area contributed by atoms with E-state index in [1.807, 2.05) is 0 Å². The van der Waals surface area contributed by atoms with Crippen LogP contribution in [0.25, 0.3) is 10.9 Å². The maximum atomic E-state index is 13.9. The summed E-state index contributed by atoms with van der Waals surface area (Å²) in [7, 11) is 0. The van der Waals surface area contributed by atoms with E-state index in [2.05, 4.69) is 5.32 Å². The summed E-state index contributed by atoms with van der Waals surface area (Å²) in [6.45, 7) is -0.0401. The molecule has 1 aliphatic rings. The van der Waals surface area contributed by atoms with Crippen LogP contribution in [0.15, 0.2) is 42.5 Å². The Hall–Kier alpha value is -2.90. The summed E-state index contributed by atoms with van der Waals surface area (Å²) in [5, 5.41) is 13.9. The molecule has 0 amide bonds. The summed E-state index contributed by atoms with van der Waals surface area (Å²) in [5.41, 5.74) is 2.60. The minimum Gasteiger partial charge on any atom is -0.486 e. The number of ketones is 1. The zero-order valence-electron chi connectivity index (χ0n) is 16.7. The normalized spacial score (nSPS) is 15.6. The van der Waals surface area contributed by atoms with Crippen molar-refractivity contribution in [2.45, 2.75) is 31.8 Å². The molecule has 1 atom stereocenters. The summed E-state index contributed by atoms with van der Waals surface area (Å²) in [4.78, 5) is 23.5. The van der Waals surface area contributed by atoms with Crippen molar-refractivity contribution in [3.8, 4) is 5.75 Å². The van der Waals surface area contributed by atoms with E-state index in [1.165, 1.54) is 12.1 Å². The number of aliphatic carboxylic acids is 1. The highest BCUT2D eigenvalue weighted by molar-refractivity contribution is 6.30. The number of fused-ring (bicyclic) bond motifs is 3. The number of halogens is 2. The molecule has 3 aromatic rings. The Morgan fingerprint density at radius 1 is 1.23 bits per heavy atom. The Bertz CT molecular complexity index is 1130. The number of carboxylic acid groups (broad SMARTS) is 1. The molecule has 0 spiro atoms. The first-order chi connectivity index (χ1) is 14.9. The number of Topliss-reactive ketones (excluding diaryl/α,β-unsaturated/α-hetero) is 1. The molecule has 2 N–H and O–H groups in total. The minimum absolute atomic E-state index is 0.0409. The van der Waals surface area contributed by atoms with Crippen LogP contribution in [0, 0.1) is 5.82 Å². The van der Waals surface area contributed by atoms with Crippen LogP contribution in [0.1, 0.15) is 17.7 Å². The number of carboxylic acids is 1. The second-order valence-electron chi connectivity index (χ2n) is 7.67. The van der Waals surface area contributed by atoms with Crippen LogP contribution >= 0.6 is 11.6 Å². The average molecular weight is 445 g/mol. The molecule has 4 rings (SSSR count). The van der Waals surface area contributed by atoms with Crippen molar-refractivity contribution >= 4 is 34.3 Å². The van der Waals surface area contributed by atoms with Crippen LogP contribution in [0.5, 0.6) is 5.75 Å². The highest BCUT2D eigenvalue weighted by atomic mass is 35.5. The molecule has 1 aliphatic carbocycles. The molecular weight excluding hydrogens is 423 g/mol. The van der Waals surface area contributed by atoms with E-state index in [-0.39, 0.29) is 37.3 Å². The fourth-order valence-electron chi connectivity index (χ4n) is 4.12. The maximum absolute atomic E-state index is 13.9. The standard InChI is InChI=1S/C23H22ClFN2O4/c24-14-1-5-18(6-2-14)31-13-17(28)11-26-16-4-8-22-20(10-16)19-9-15(25)3-7-21(19)27(22)12-23(29)30/h1-3,5-7,9,16,26H,4,8,10-13H2,(H,29,30)/t16-/m0/s1. The quantitative estimate of drug-likeness (QED) is 0.554. The molecule has 31 heavy (non-hydrogen) atoms. The van der Waals surface area contributed by atoms with Gasteiger partial charge in [-0.25, -0.2) is 4.39 Å². The van der Waals surface area contributed by atoms with Gasteiger partial charge < -0.3 is 19.7 Å². The van der Waals surface area contributed by atoms with Crippen LogP contribution in [0.4, 0.5) is 4.39 Å². The third-order valence-corrected chi connectivity index (χ3v) is 5.78. The fraction of sp³-hybridized carbons (Fsp3) is 0.304. The molecule has 0 bridgehead atoms. The predicted octanol–water partition coefficient (Wildman–Crippen LogP) is 3.61. The lowest BCUT2D eigenvalue weighted by Crippen LogP contribution is -2.39. The Morgan fingerprint density at radius 2 is 2.00 bits per heavy atom. The van der Waals surface area contributed by atoms with E-state index in [0.29, 0.717) is 23.6 Å². The van der Waals surface area contributed by atoms with Crippen LogP contribution < -0.4 is 10.1 Å². The molecule has 8 heteroatoms. The van der Waals surface area contributed by atoms with E-state index >= 15 is 0 Å². The Morgan fingerprint density at radius 3 is 2.74 bits per heavy atom. The Balaban J connectivity index is 1.41. The number of nitrogens with one attached hydrogen (secondary N) is 1. The summed E-state index contributed by atoms with van der Waals surface area (Å²) in [6, 6.07) is 11.3. The first-order valence-corrected chi connectivity index (χ1v) is 10.4. The van der Waals surface area contributed by atoms with Crippen LogP contribution in [0.3, 0.4) is 0 Å². The lowest BCUT2D eigenvalue weighted by molar-refractivity contribution is -0.137. The first kappa shape index (κ1) is 21.3.